The lowest BCUT2D eigenvalue weighted by Crippen LogP contribution is -1.73. The minimum Gasteiger partial charge on any atom is -0.204 e. The van der Waals surface area contributed by atoms with Crippen LogP contribution in [0.1, 0.15) is 0 Å². The Morgan fingerprint density at radius 1 is 0.917 bits per heavy atom. The Morgan fingerprint density at radius 3 is 1.58 bits per heavy atom. The van der Waals surface area contributed by atoms with Crippen LogP contribution in [0.25, 0.3) is 11.1 Å². The van der Waals surface area contributed by atoms with Crippen molar-refractivity contribution in [2.24, 2.45) is 0 Å². The highest BCUT2D eigenvalue weighted by atomic mass is 79.9. The molecule has 0 unspecified atom stereocenters. The van der Waals surface area contributed by atoms with Crippen LogP contribution in [0.3, 0.4) is 0 Å². The van der Waals surface area contributed by atoms with Gasteiger partial charge >= 0.3 is 0 Å². The Labute approximate surface area is 85.9 Å². The average Bonchev–Trinajstić information content (AvgIpc) is 2.58. The summed E-state index contributed by atoms with van der Waals surface area (Å²) >= 11 is 6.41. The maximum absolute atomic E-state index is 3.98. The van der Waals surface area contributed by atoms with Crippen LogP contribution in [0.5, 0.6) is 0 Å². The standard InChI is InChI=1S/C6H4Br2N4/c7-11-3-5(1-9-11)6-2-10-12(8)4-6/h1-4H. The van der Waals surface area contributed by atoms with Gasteiger partial charge in [-0.05, 0) is 0 Å². The van der Waals surface area contributed by atoms with Crippen molar-refractivity contribution in [2.75, 3.05) is 0 Å². The van der Waals surface area contributed by atoms with Crippen LogP contribution in [0.2, 0.25) is 0 Å². The third-order valence-electron chi connectivity index (χ3n) is 1.44. The quantitative estimate of drug-likeness (QED) is 0.806. The molecule has 0 aromatic carbocycles. The van der Waals surface area contributed by atoms with Crippen LogP contribution in [0, 0.1) is 0 Å². The van der Waals surface area contributed by atoms with Crippen molar-refractivity contribution in [3.63, 3.8) is 0 Å². The summed E-state index contributed by atoms with van der Waals surface area (Å²) in [5.41, 5.74) is 2.05. The first-order valence-corrected chi connectivity index (χ1v) is 4.59. The van der Waals surface area contributed by atoms with Gasteiger partial charge in [0.1, 0.15) is 0 Å². The number of aromatic nitrogens is 4. The number of hydrogen-bond donors (Lipinski definition) is 0. The van der Waals surface area contributed by atoms with E-state index in [4.69, 9.17) is 0 Å². The Hall–Kier alpha value is -0.620. The van der Waals surface area contributed by atoms with Crippen LogP contribution in [0.4, 0.5) is 0 Å². The van der Waals surface area contributed by atoms with E-state index in [-0.39, 0.29) is 0 Å². The molecule has 2 aromatic heterocycles. The van der Waals surface area contributed by atoms with E-state index in [0.29, 0.717) is 0 Å². The normalized spacial score (nSPS) is 10.5. The Balaban J connectivity index is 2.43. The molecule has 0 aliphatic carbocycles. The van der Waals surface area contributed by atoms with Gasteiger partial charge in [-0.25, -0.2) is 7.42 Å². The zero-order valence-corrected chi connectivity index (χ0v) is 9.03. The molecular weight excluding hydrogens is 288 g/mol. The van der Waals surface area contributed by atoms with Gasteiger partial charge < -0.3 is 0 Å². The van der Waals surface area contributed by atoms with E-state index in [1.165, 1.54) is 0 Å². The average molecular weight is 292 g/mol. The van der Waals surface area contributed by atoms with E-state index in [1.54, 1.807) is 19.8 Å². The van der Waals surface area contributed by atoms with E-state index in [2.05, 4.69) is 42.5 Å². The molecule has 0 spiro atoms. The Morgan fingerprint density at radius 2 is 1.33 bits per heavy atom. The van der Waals surface area contributed by atoms with Gasteiger partial charge in [0.15, 0.2) is 0 Å². The first-order valence-electron chi connectivity index (χ1n) is 3.18. The summed E-state index contributed by atoms with van der Waals surface area (Å²) in [4.78, 5) is 0. The SMILES string of the molecule is Brn1cc(-c2cnn(Br)c2)cn1. The van der Waals surface area contributed by atoms with Crippen LogP contribution < -0.4 is 0 Å². The van der Waals surface area contributed by atoms with Gasteiger partial charge in [0.2, 0.25) is 0 Å². The lowest BCUT2D eigenvalue weighted by atomic mass is 10.2. The molecule has 2 heterocycles. The van der Waals surface area contributed by atoms with Crippen LogP contribution in [0.15, 0.2) is 24.8 Å². The third-order valence-corrected chi connectivity index (χ3v) is 2.21. The molecule has 2 rings (SSSR count). The third kappa shape index (κ3) is 1.44. The van der Waals surface area contributed by atoms with E-state index in [0.717, 1.165) is 11.1 Å². The van der Waals surface area contributed by atoms with Crippen LogP contribution in [-0.4, -0.2) is 17.6 Å². The second kappa shape index (κ2) is 3.02. The van der Waals surface area contributed by atoms with Crippen LogP contribution >= 0.6 is 32.3 Å². The predicted molar refractivity (Wildman–Crippen MR) is 52.1 cm³/mol. The first kappa shape index (κ1) is 8.00. The van der Waals surface area contributed by atoms with E-state index in [1.807, 2.05) is 12.4 Å². The molecule has 6 heteroatoms. The zero-order chi connectivity index (χ0) is 8.55. The van der Waals surface area contributed by atoms with Crippen molar-refractivity contribution in [1.29, 1.82) is 0 Å². The number of halogens is 2. The predicted octanol–water partition coefficient (Wildman–Crippen LogP) is 2.06. The smallest absolute Gasteiger partial charge is 0.0743 e. The zero-order valence-electron chi connectivity index (χ0n) is 5.85. The maximum Gasteiger partial charge on any atom is 0.0743 e. The topological polar surface area (TPSA) is 35.6 Å². The summed E-state index contributed by atoms with van der Waals surface area (Å²) in [6, 6.07) is 0. The molecule has 4 nitrogen and oxygen atoms in total. The Bertz CT molecular complexity index is 353. The first-order chi connectivity index (χ1) is 5.75. The molecule has 0 radical (unpaired) electrons. The molecule has 0 bridgehead atoms. The van der Waals surface area contributed by atoms with Crippen molar-refractivity contribution in [2.45, 2.75) is 0 Å². The largest absolute Gasteiger partial charge is 0.204 e. The fourth-order valence-electron chi connectivity index (χ4n) is 0.896. The second-order valence-electron chi connectivity index (χ2n) is 2.24. The van der Waals surface area contributed by atoms with Crippen molar-refractivity contribution in [3.8, 4) is 11.1 Å². The number of hydrogen-bond acceptors (Lipinski definition) is 2. The molecule has 12 heavy (non-hydrogen) atoms. The molecule has 0 fully saturated rings. The minimum atomic E-state index is 1.03. The van der Waals surface area contributed by atoms with Gasteiger partial charge in [0.25, 0.3) is 0 Å². The van der Waals surface area contributed by atoms with E-state index < -0.39 is 0 Å². The molecular formula is C6H4Br2N4. The molecule has 0 saturated heterocycles. The molecule has 0 aliphatic heterocycles. The summed E-state index contributed by atoms with van der Waals surface area (Å²) in [6.07, 6.45) is 7.26. The highest BCUT2D eigenvalue weighted by Crippen LogP contribution is 2.18. The van der Waals surface area contributed by atoms with Crippen molar-refractivity contribution < 1.29 is 0 Å². The highest BCUT2D eigenvalue weighted by Gasteiger charge is 2.02. The molecule has 0 saturated carbocycles. The number of rotatable bonds is 1. The summed E-state index contributed by atoms with van der Waals surface area (Å²) in [6.45, 7) is 0. The minimum absolute atomic E-state index is 1.03. The fraction of sp³-hybridized carbons (Fsp3) is 0. The summed E-state index contributed by atoms with van der Waals surface area (Å²) in [7, 11) is 0. The molecule has 2 aromatic rings. The Kier molecular flexibility index (Phi) is 2.02. The summed E-state index contributed by atoms with van der Waals surface area (Å²) in [5, 5.41) is 7.97. The van der Waals surface area contributed by atoms with Crippen molar-refractivity contribution >= 4 is 32.3 Å². The molecule has 0 N–H and O–H groups in total. The summed E-state index contributed by atoms with van der Waals surface area (Å²) in [5.74, 6) is 0. The number of nitrogens with zero attached hydrogens (tertiary/aromatic N) is 4. The fourth-order valence-corrected chi connectivity index (χ4v) is 1.52. The van der Waals surface area contributed by atoms with E-state index in [9.17, 15) is 0 Å². The van der Waals surface area contributed by atoms with Gasteiger partial charge in [0, 0.05) is 23.5 Å². The summed E-state index contributed by atoms with van der Waals surface area (Å²) < 4.78 is 3.15. The maximum atomic E-state index is 3.98. The van der Waals surface area contributed by atoms with Gasteiger partial charge in [0.05, 0.1) is 44.7 Å². The lowest BCUT2D eigenvalue weighted by Gasteiger charge is -1.84. The molecule has 0 amide bonds. The molecule has 62 valence electrons. The van der Waals surface area contributed by atoms with Gasteiger partial charge in [-0.15, -0.1) is 0 Å². The van der Waals surface area contributed by atoms with Gasteiger partial charge in [-0.3, -0.25) is 0 Å². The highest BCUT2D eigenvalue weighted by molar-refractivity contribution is 9.08. The lowest BCUT2D eigenvalue weighted by molar-refractivity contribution is 1.03. The van der Waals surface area contributed by atoms with Crippen molar-refractivity contribution in [1.82, 2.24) is 17.6 Å². The van der Waals surface area contributed by atoms with Gasteiger partial charge in [-0.1, -0.05) is 0 Å². The van der Waals surface area contributed by atoms with Crippen LogP contribution in [-0.2, 0) is 0 Å². The van der Waals surface area contributed by atoms with Crippen molar-refractivity contribution in [3.05, 3.63) is 24.8 Å². The molecule has 0 atom stereocenters. The second-order valence-corrected chi connectivity index (χ2v) is 3.69. The van der Waals surface area contributed by atoms with Gasteiger partial charge in [-0.2, -0.15) is 10.2 Å². The molecule has 0 aliphatic rings. The monoisotopic (exact) mass is 290 g/mol. The van der Waals surface area contributed by atoms with E-state index >= 15 is 0 Å².